The molecule has 0 aromatic heterocycles. The van der Waals surface area contributed by atoms with Gasteiger partial charge < -0.3 is 14.4 Å². The topological polar surface area (TPSA) is 57.8 Å². The van der Waals surface area contributed by atoms with Crippen LogP contribution in [0.1, 0.15) is 72.1 Å². The summed E-state index contributed by atoms with van der Waals surface area (Å²) in [4.78, 5) is 2.44. The van der Waals surface area contributed by atoms with Gasteiger partial charge >= 0.3 is 0 Å². The predicted octanol–water partition coefficient (Wildman–Crippen LogP) is 2.93. The molecule has 1 heterocycles. The summed E-state index contributed by atoms with van der Waals surface area (Å²) in [7, 11) is 0. The zero-order valence-corrected chi connectivity index (χ0v) is 19.8. The molecular formula is C24H48N4O2. The molecular weight excluding hydrogens is 376 g/mol. The van der Waals surface area contributed by atoms with Crippen molar-refractivity contribution in [2.24, 2.45) is 11.8 Å². The zero-order chi connectivity index (χ0) is 21.2. The van der Waals surface area contributed by atoms with Gasteiger partial charge in [-0.05, 0) is 83.2 Å². The SMILES string of the molecule is CCOC1CCC(C2CNC(NC3CCC(OCCN(CC)CC)CC3)NC2)CC1. The van der Waals surface area contributed by atoms with Gasteiger partial charge in [-0.1, -0.05) is 13.8 Å². The molecule has 1 saturated heterocycles. The van der Waals surface area contributed by atoms with E-state index in [1.54, 1.807) is 0 Å². The third-order valence-electron chi connectivity index (χ3n) is 7.69. The molecule has 0 aromatic carbocycles. The number of hydrogen-bond acceptors (Lipinski definition) is 6. The van der Waals surface area contributed by atoms with Crippen LogP contribution in [-0.2, 0) is 9.47 Å². The maximum absolute atomic E-state index is 6.15. The van der Waals surface area contributed by atoms with Gasteiger partial charge in [-0.2, -0.15) is 0 Å². The van der Waals surface area contributed by atoms with Crippen LogP contribution in [0.5, 0.6) is 0 Å². The van der Waals surface area contributed by atoms with Gasteiger partial charge in [0.25, 0.3) is 0 Å². The lowest BCUT2D eigenvalue weighted by molar-refractivity contribution is 0.00835. The Hall–Kier alpha value is -0.240. The van der Waals surface area contributed by atoms with E-state index in [4.69, 9.17) is 9.47 Å². The monoisotopic (exact) mass is 424 g/mol. The number of ether oxygens (including phenoxy) is 2. The second kappa shape index (κ2) is 13.3. The lowest BCUT2D eigenvalue weighted by Gasteiger charge is -2.40. The van der Waals surface area contributed by atoms with Gasteiger partial charge in [-0.15, -0.1) is 0 Å². The highest BCUT2D eigenvalue weighted by Crippen LogP contribution is 2.32. The molecule has 0 radical (unpaired) electrons. The fraction of sp³-hybridized carbons (Fsp3) is 1.00. The second-order valence-corrected chi connectivity index (χ2v) is 9.54. The van der Waals surface area contributed by atoms with Crippen LogP contribution in [-0.4, -0.2) is 75.4 Å². The highest BCUT2D eigenvalue weighted by atomic mass is 16.5. The predicted molar refractivity (Wildman–Crippen MR) is 124 cm³/mol. The van der Waals surface area contributed by atoms with E-state index in [1.165, 1.54) is 51.4 Å². The molecule has 3 aliphatic rings. The smallest absolute Gasteiger partial charge is 0.112 e. The quantitative estimate of drug-likeness (QED) is 0.474. The summed E-state index contributed by atoms with van der Waals surface area (Å²) in [6.45, 7) is 13.9. The van der Waals surface area contributed by atoms with Gasteiger partial charge in [0.05, 0.1) is 18.8 Å². The molecule has 6 heteroatoms. The van der Waals surface area contributed by atoms with E-state index in [-0.39, 0.29) is 6.29 Å². The normalized spacial score (nSPS) is 35.6. The summed E-state index contributed by atoms with van der Waals surface area (Å²) in [6.07, 6.45) is 11.2. The van der Waals surface area contributed by atoms with Crippen molar-refractivity contribution in [1.29, 1.82) is 0 Å². The van der Waals surface area contributed by atoms with E-state index < -0.39 is 0 Å². The molecule has 0 spiro atoms. The molecule has 0 unspecified atom stereocenters. The van der Waals surface area contributed by atoms with Crippen LogP contribution >= 0.6 is 0 Å². The molecule has 30 heavy (non-hydrogen) atoms. The van der Waals surface area contributed by atoms with E-state index in [0.29, 0.717) is 18.2 Å². The van der Waals surface area contributed by atoms with Gasteiger partial charge in [0.1, 0.15) is 6.29 Å². The number of rotatable bonds is 11. The van der Waals surface area contributed by atoms with Gasteiger partial charge in [-0.25, -0.2) is 0 Å². The molecule has 3 N–H and O–H groups in total. The van der Waals surface area contributed by atoms with Crippen LogP contribution in [0.4, 0.5) is 0 Å². The molecule has 2 aliphatic carbocycles. The third-order valence-corrected chi connectivity index (χ3v) is 7.69. The van der Waals surface area contributed by atoms with E-state index in [0.717, 1.165) is 57.8 Å². The maximum atomic E-state index is 6.15. The number of nitrogens with one attached hydrogen (secondary N) is 3. The molecule has 0 bridgehead atoms. The third kappa shape index (κ3) is 7.72. The summed E-state index contributed by atoms with van der Waals surface area (Å²) in [5, 5.41) is 11.3. The van der Waals surface area contributed by atoms with Crippen molar-refractivity contribution < 1.29 is 9.47 Å². The minimum atomic E-state index is 0.270. The van der Waals surface area contributed by atoms with Crippen molar-refractivity contribution in [3.63, 3.8) is 0 Å². The summed E-state index contributed by atoms with van der Waals surface area (Å²) in [5.74, 6) is 1.62. The summed E-state index contributed by atoms with van der Waals surface area (Å²) in [6, 6.07) is 0.607. The van der Waals surface area contributed by atoms with E-state index in [9.17, 15) is 0 Å². The fourth-order valence-electron chi connectivity index (χ4n) is 5.62. The minimum Gasteiger partial charge on any atom is -0.379 e. The molecule has 0 atom stereocenters. The lowest BCUT2D eigenvalue weighted by atomic mass is 9.78. The van der Waals surface area contributed by atoms with Crippen molar-refractivity contribution in [3.05, 3.63) is 0 Å². The van der Waals surface area contributed by atoms with Crippen LogP contribution < -0.4 is 16.0 Å². The van der Waals surface area contributed by atoms with Gasteiger partial charge in [0.2, 0.25) is 0 Å². The average molecular weight is 425 g/mol. The Kier molecular flexibility index (Phi) is 10.9. The van der Waals surface area contributed by atoms with Crippen LogP contribution in [0.25, 0.3) is 0 Å². The average Bonchev–Trinajstić information content (AvgIpc) is 2.79. The molecule has 0 amide bonds. The first-order valence-electron chi connectivity index (χ1n) is 12.9. The highest BCUT2D eigenvalue weighted by molar-refractivity contribution is 4.87. The Labute approximate surface area is 185 Å². The molecule has 176 valence electrons. The lowest BCUT2D eigenvalue weighted by Crippen LogP contribution is -2.63. The maximum Gasteiger partial charge on any atom is 0.112 e. The Morgan fingerprint density at radius 3 is 1.97 bits per heavy atom. The van der Waals surface area contributed by atoms with Crippen LogP contribution in [0.15, 0.2) is 0 Å². The highest BCUT2D eigenvalue weighted by Gasteiger charge is 2.31. The Morgan fingerprint density at radius 1 is 0.767 bits per heavy atom. The Balaban J connectivity index is 1.26. The molecule has 2 saturated carbocycles. The van der Waals surface area contributed by atoms with Crippen molar-refractivity contribution in [2.45, 2.75) is 96.7 Å². The number of likely N-dealkylation sites (N-methyl/N-ethyl adjacent to an activating group) is 1. The van der Waals surface area contributed by atoms with Gasteiger partial charge in [0.15, 0.2) is 0 Å². The van der Waals surface area contributed by atoms with Crippen LogP contribution in [0.2, 0.25) is 0 Å². The standard InChI is InChI=1S/C24H48N4O2/c1-4-28(5-2)15-16-30-23-13-9-21(10-14-23)27-24-25-17-20(18-26-24)19-7-11-22(12-8-19)29-6-3/h19-27H,4-18H2,1-3H3. The summed E-state index contributed by atoms with van der Waals surface area (Å²) < 4.78 is 12.0. The zero-order valence-electron chi connectivity index (χ0n) is 19.8. The molecule has 1 aliphatic heterocycles. The number of nitrogens with zero attached hydrogens (tertiary/aromatic N) is 1. The summed E-state index contributed by atoms with van der Waals surface area (Å²) in [5.41, 5.74) is 0. The van der Waals surface area contributed by atoms with Crippen molar-refractivity contribution in [2.75, 3.05) is 45.9 Å². The molecule has 3 rings (SSSR count). The first-order valence-corrected chi connectivity index (χ1v) is 12.9. The molecule has 3 fully saturated rings. The van der Waals surface area contributed by atoms with Gasteiger partial charge in [0, 0.05) is 32.3 Å². The number of hydrogen-bond donors (Lipinski definition) is 3. The van der Waals surface area contributed by atoms with Crippen molar-refractivity contribution in [1.82, 2.24) is 20.9 Å². The largest absolute Gasteiger partial charge is 0.379 e. The first-order chi connectivity index (χ1) is 14.7. The van der Waals surface area contributed by atoms with E-state index in [1.807, 2.05) is 0 Å². The van der Waals surface area contributed by atoms with E-state index >= 15 is 0 Å². The van der Waals surface area contributed by atoms with Crippen LogP contribution in [0, 0.1) is 11.8 Å². The van der Waals surface area contributed by atoms with E-state index in [2.05, 4.69) is 41.6 Å². The second-order valence-electron chi connectivity index (χ2n) is 9.54. The summed E-state index contributed by atoms with van der Waals surface area (Å²) >= 11 is 0. The Bertz CT molecular complexity index is 438. The fourth-order valence-corrected chi connectivity index (χ4v) is 5.62. The van der Waals surface area contributed by atoms with Crippen LogP contribution in [0.3, 0.4) is 0 Å². The molecule has 0 aromatic rings. The Morgan fingerprint density at radius 2 is 1.37 bits per heavy atom. The first kappa shape index (κ1) is 24.4. The van der Waals surface area contributed by atoms with Crippen molar-refractivity contribution >= 4 is 0 Å². The molecule has 6 nitrogen and oxygen atoms in total. The minimum absolute atomic E-state index is 0.270. The van der Waals surface area contributed by atoms with Gasteiger partial charge in [-0.3, -0.25) is 16.0 Å². The van der Waals surface area contributed by atoms with Crippen molar-refractivity contribution in [3.8, 4) is 0 Å².